The van der Waals surface area contributed by atoms with Gasteiger partial charge in [-0.3, -0.25) is 0 Å². The fourth-order valence-corrected chi connectivity index (χ4v) is 1.71. The zero-order chi connectivity index (χ0) is 13.9. The Kier molecular flexibility index (Phi) is 3.94. The Morgan fingerprint density at radius 3 is 2.95 bits per heavy atom. The third-order valence-electron chi connectivity index (χ3n) is 2.98. The van der Waals surface area contributed by atoms with Crippen molar-refractivity contribution in [1.82, 2.24) is 25.3 Å². The van der Waals surface area contributed by atoms with Gasteiger partial charge < -0.3 is 10.4 Å². The number of tetrazole rings is 1. The van der Waals surface area contributed by atoms with Crippen LogP contribution in [0.5, 0.6) is 0 Å². The summed E-state index contributed by atoms with van der Waals surface area (Å²) in [5.41, 5.74) is -0.154. The first-order valence-electron chi connectivity index (χ1n) is 6.48. The van der Waals surface area contributed by atoms with Gasteiger partial charge >= 0.3 is 0 Å². The van der Waals surface area contributed by atoms with Gasteiger partial charge in [-0.2, -0.15) is 0 Å². The fraction of sp³-hybridized carbons (Fsp3) is 0.667. The molecule has 0 saturated heterocycles. The van der Waals surface area contributed by atoms with E-state index in [0.717, 1.165) is 12.8 Å². The molecule has 7 heteroatoms. The summed E-state index contributed by atoms with van der Waals surface area (Å²) < 4.78 is 1.35. The van der Waals surface area contributed by atoms with Crippen LogP contribution in [0.3, 0.4) is 0 Å². The van der Waals surface area contributed by atoms with Gasteiger partial charge in [-0.05, 0) is 48.2 Å². The lowest BCUT2D eigenvalue weighted by molar-refractivity contribution is 0.0585. The molecular weight excluding hydrogens is 244 g/mol. The molecule has 0 radical (unpaired) electrons. The lowest BCUT2D eigenvalue weighted by atomic mass is 9.95. The molecule has 19 heavy (non-hydrogen) atoms. The highest BCUT2D eigenvalue weighted by Crippen LogP contribution is 2.17. The highest BCUT2D eigenvalue weighted by molar-refractivity contribution is 5.42. The van der Waals surface area contributed by atoms with Gasteiger partial charge in [-0.15, -0.1) is 14.8 Å². The number of aliphatic hydroxyl groups is 1. The Balaban J connectivity index is 1.93. The second-order valence-electron chi connectivity index (χ2n) is 5.53. The van der Waals surface area contributed by atoms with Crippen LogP contribution in [0.15, 0.2) is 12.1 Å². The number of rotatable bonds is 6. The topological polar surface area (TPSA) is 88.2 Å². The molecule has 2 aromatic rings. The molecule has 0 spiro atoms. The van der Waals surface area contributed by atoms with Crippen molar-refractivity contribution in [3.63, 3.8) is 0 Å². The van der Waals surface area contributed by atoms with E-state index in [4.69, 9.17) is 0 Å². The maximum Gasteiger partial charge on any atom is 0.200 e. The van der Waals surface area contributed by atoms with Gasteiger partial charge in [0.2, 0.25) is 0 Å². The normalized spacial score (nSPS) is 14.8. The minimum atomic E-state index is -0.748. The van der Waals surface area contributed by atoms with Crippen LogP contribution >= 0.6 is 0 Å². The van der Waals surface area contributed by atoms with Crippen LogP contribution in [0.2, 0.25) is 0 Å². The molecule has 0 aliphatic carbocycles. The summed E-state index contributed by atoms with van der Waals surface area (Å²) in [6.45, 7) is 6.58. The number of nitrogens with one attached hydrogen (secondary N) is 1. The number of fused-ring (bicyclic) bond motifs is 1. The zero-order valence-electron chi connectivity index (χ0n) is 11.5. The molecule has 0 aliphatic rings. The predicted molar refractivity (Wildman–Crippen MR) is 71.8 cm³/mol. The summed E-state index contributed by atoms with van der Waals surface area (Å²) >= 11 is 0. The average Bonchev–Trinajstić information content (AvgIpc) is 2.81. The predicted octanol–water partition coefficient (Wildman–Crippen LogP) is 1.12. The van der Waals surface area contributed by atoms with Gasteiger partial charge in [-0.1, -0.05) is 13.8 Å². The number of nitrogens with zero attached hydrogens (tertiary/aromatic N) is 5. The molecule has 1 atom stereocenters. The van der Waals surface area contributed by atoms with Gasteiger partial charge in [0.15, 0.2) is 5.65 Å². The molecule has 2 N–H and O–H groups in total. The molecule has 2 heterocycles. The van der Waals surface area contributed by atoms with Crippen molar-refractivity contribution in [1.29, 1.82) is 0 Å². The summed E-state index contributed by atoms with van der Waals surface area (Å²) in [4.78, 5) is 0. The molecule has 0 saturated carbocycles. The van der Waals surface area contributed by atoms with Crippen LogP contribution in [-0.4, -0.2) is 42.5 Å². The van der Waals surface area contributed by atoms with E-state index in [9.17, 15) is 5.11 Å². The third kappa shape index (κ3) is 3.85. The Hall–Kier alpha value is -1.76. The van der Waals surface area contributed by atoms with Gasteiger partial charge in [0.25, 0.3) is 0 Å². The van der Waals surface area contributed by atoms with Crippen LogP contribution < -0.4 is 5.32 Å². The molecule has 0 amide bonds. The van der Waals surface area contributed by atoms with Crippen LogP contribution in [-0.2, 0) is 0 Å². The van der Waals surface area contributed by atoms with Gasteiger partial charge in [0.05, 0.1) is 5.60 Å². The lowest BCUT2D eigenvalue weighted by Crippen LogP contribution is -2.34. The molecule has 0 bridgehead atoms. The van der Waals surface area contributed by atoms with Crippen molar-refractivity contribution in [3.8, 4) is 0 Å². The van der Waals surface area contributed by atoms with Gasteiger partial charge in [0.1, 0.15) is 5.82 Å². The molecule has 7 nitrogen and oxygen atoms in total. The van der Waals surface area contributed by atoms with E-state index in [1.807, 2.05) is 6.92 Å². The van der Waals surface area contributed by atoms with E-state index in [1.54, 1.807) is 12.1 Å². The monoisotopic (exact) mass is 264 g/mol. The van der Waals surface area contributed by atoms with E-state index in [0.29, 0.717) is 23.9 Å². The van der Waals surface area contributed by atoms with Crippen molar-refractivity contribution in [2.45, 2.75) is 39.2 Å². The Labute approximate surface area is 112 Å². The first-order valence-corrected chi connectivity index (χ1v) is 6.48. The molecule has 0 aromatic carbocycles. The summed E-state index contributed by atoms with van der Waals surface area (Å²) in [6, 6.07) is 3.57. The highest BCUT2D eigenvalue weighted by atomic mass is 16.3. The van der Waals surface area contributed by atoms with Crippen molar-refractivity contribution in [2.75, 3.05) is 11.9 Å². The molecule has 2 aromatic heterocycles. The van der Waals surface area contributed by atoms with E-state index in [-0.39, 0.29) is 0 Å². The minimum Gasteiger partial charge on any atom is -0.388 e. The van der Waals surface area contributed by atoms with E-state index in [1.165, 1.54) is 4.63 Å². The Morgan fingerprint density at radius 2 is 2.21 bits per heavy atom. The second-order valence-corrected chi connectivity index (χ2v) is 5.53. The molecule has 104 valence electrons. The van der Waals surface area contributed by atoms with Crippen molar-refractivity contribution < 1.29 is 5.11 Å². The van der Waals surface area contributed by atoms with E-state index >= 15 is 0 Å². The minimum absolute atomic E-state index is 0.445. The Bertz CT molecular complexity index is 536. The smallest absolute Gasteiger partial charge is 0.200 e. The van der Waals surface area contributed by atoms with E-state index in [2.05, 4.69) is 39.8 Å². The van der Waals surface area contributed by atoms with E-state index < -0.39 is 5.60 Å². The van der Waals surface area contributed by atoms with Crippen molar-refractivity contribution in [3.05, 3.63) is 12.1 Å². The standard InChI is InChI=1S/C12H20N6O/c1-9(2)6-7-12(3,19)8-13-10-4-5-11-14-16-17-18(11)15-10/h4-5,9,19H,6-8H2,1-3H3,(H,13,15). The van der Waals surface area contributed by atoms with Gasteiger partial charge in [-0.25, -0.2) is 0 Å². The average molecular weight is 264 g/mol. The highest BCUT2D eigenvalue weighted by Gasteiger charge is 2.20. The number of aromatic nitrogens is 5. The van der Waals surface area contributed by atoms with Crippen molar-refractivity contribution in [2.24, 2.45) is 5.92 Å². The quantitative estimate of drug-likeness (QED) is 0.812. The third-order valence-corrected chi connectivity index (χ3v) is 2.98. The Morgan fingerprint density at radius 1 is 1.42 bits per heavy atom. The first-order chi connectivity index (χ1) is 8.96. The molecule has 1 unspecified atom stereocenters. The van der Waals surface area contributed by atoms with Crippen LogP contribution in [0.1, 0.15) is 33.6 Å². The van der Waals surface area contributed by atoms with Crippen LogP contribution in [0.4, 0.5) is 5.82 Å². The summed E-state index contributed by atoms with van der Waals surface area (Å²) in [5, 5.41) is 28.6. The second kappa shape index (κ2) is 5.48. The summed E-state index contributed by atoms with van der Waals surface area (Å²) in [5.74, 6) is 1.23. The van der Waals surface area contributed by atoms with Crippen LogP contribution in [0, 0.1) is 5.92 Å². The molecule has 2 rings (SSSR count). The van der Waals surface area contributed by atoms with Crippen molar-refractivity contribution >= 4 is 11.5 Å². The zero-order valence-corrected chi connectivity index (χ0v) is 11.5. The summed E-state index contributed by atoms with van der Waals surface area (Å²) in [6.07, 6.45) is 1.75. The van der Waals surface area contributed by atoms with Gasteiger partial charge in [0, 0.05) is 6.54 Å². The molecule has 0 aliphatic heterocycles. The summed E-state index contributed by atoms with van der Waals surface area (Å²) in [7, 11) is 0. The molecule has 0 fully saturated rings. The SMILES string of the molecule is CC(C)CCC(C)(O)CNc1ccc2nnnn2n1. The number of anilines is 1. The maximum absolute atomic E-state index is 10.3. The van der Waals surface area contributed by atoms with Crippen LogP contribution in [0.25, 0.3) is 5.65 Å². The maximum atomic E-state index is 10.3. The lowest BCUT2D eigenvalue weighted by Gasteiger charge is -2.24. The largest absolute Gasteiger partial charge is 0.388 e. The molecular formula is C12H20N6O. The number of hydrogen-bond donors (Lipinski definition) is 2. The first kappa shape index (κ1) is 13.7. The fourth-order valence-electron chi connectivity index (χ4n) is 1.71. The number of hydrogen-bond acceptors (Lipinski definition) is 6.